The first-order chi connectivity index (χ1) is 13.3. The van der Waals surface area contributed by atoms with E-state index in [-0.39, 0.29) is 30.3 Å². The van der Waals surface area contributed by atoms with Crippen molar-refractivity contribution in [1.82, 2.24) is 10.2 Å². The highest BCUT2D eigenvalue weighted by molar-refractivity contribution is 5.88. The third-order valence-electron chi connectivity index (χ3n) is 4.38. The number of carbonyl (C=O) groups excluding carboxylic acids is 2. The molecule has 0 bridgehead atoms. The number of aryl methyl sites for hydroxylation is 1. The van der Waals surface area contributed by atoms with Crippen molar-refractivity contribution in [2.45, 2.75) is 46.3 Å². The summed E-state index contributed by atoms with van der Waals surface area (Å²) in [5, 5.41) is 2.84. The van der Waals surface area contributed by atoms with Gasteiger partial charge in [-0.1, -0.05) is 24.3 Å². The Labute approximate surface area is 165 Å². The summed E-state index contributed by atoms with van der Waals surface area (Å²) in [4.78, 5) is 26.9. The third kappa shape index (κ3) is 6.08. The van der Waals surface area contributed by atoms with E-state index >= 15 is 0 Å². The van der Waals surface area contributed by atoms with Gasteiger partial charge in [0.15, 0.2) is 6.61 Å². The van der Waals surface area contributed by atoms with Crippen LogP contribution in [0.5, 0.6) is 5.75 Å². The number of benzene rings is 2. The van der Waals surface area contributed by atoms with Gasteiger partial charge in [-0.3, -0.25) is 9.59 Å². The lowest BCUT2D eigenvalue weighted by Crippen LogP contribution is -2.50. The Bertz CT molecular complexity index is 806. The lowest BCUT2D eigenvalue weighted by molar-refractivity contribution is -0.142. The van der Waals surface area contributed by atoms with Crippen LogP contribution in [0.2, 0.25) is 0 Å². The van der Waals surface area contributed by atoms with E-state index in [4.69, 9.17) is 4.74 Å². The van der Waals surface area contributed by atoms with E-state index in [2.05, 4.69) is 5.32 Å². The molecule has 1 N–H and O–H groups in total. The maximum absolute atomic E-state index is 13.0. The van der Waals surface area contributed by atoms with E-state index in [0.717, 1.165) is 11.1 Å². The molecule has 5 nitrogen and oxygen atoms in total. The van der Waals surface area contributed by atoms with E-state index in [0.29, 0.717) is 12.3 Å². The van der Waals surface area contributed by atoms with Gasteiger partial charge < -0.3 is 15.0 Å². The second-order valence-electron chi connectivity index (χ2n) is 7.03. The van der Waals surface area contributed by atoms with Gasteiger partial charge in [0.1, 0.15) is 17.6 Å². The molecule has 0 radical (unpaired) electrons. The average molecular weight is 386 g/mol. The molecule has 150 valence electrons. The van der Waals surface area contributed by atoms with Gasteiger partial charge >= 0.3 is 0 Å². The van der Waals surface area contributed by atoms with Crippen molar-refractivity contribution in [2.75, 3.05) is 6.61 Å². The summed E-state index contributed by atoms with van der Waals surface area (Å²) in [7, 11) is 0. The largest absolute Gasteiger partial charge is 0.484 e. The second-order valence-corrected chi connectivity index (χ2v) is 7.03. The molecule has 1 atom stereocenters. The van der Waals surface area contributed by atoms with Gasteiger partial charge in [0.05, 0.1) is 0 Å². The molecular formula is C22H27FN2O3. The number of hydrogen-bond acceptors (Lipinski definition) is 3. The van der Waals surface area contributed by atoms with Crippen molar-refractivity contribution < 1.29 is 18.7 Å². The van der Waals surface area contributed by atoms with Crippen molar-refractivity contribution in [3.8, 4) is 5.75 Å². The molecule has 2 amide bonds. The summed E-state index contributed by atoms with van der Waals surface area (Å²) in [5.74, 6) is -0.526. The quantitative estimate of drug-likeness (QED) is 0.756. The van der Waals surface area contributed by atoms with Crippen LogP contribution in [0, 0.1) is 12.7 Å². The highest BCUT2D eigenvalue weighted by atomic mass is 19.1. The molecule has 0 saturated carbocycles. The highest BCUT2D eigenvalue weighted by Gasteiger charge is 2.27. The molecule has 0 aromatic heterocycles. The Kier molecular flexibility index (Phi) is 7.55. The summed E-state index contributed by atoms with van der Waals surface area (Å²) < 4.78 is 18.5. The zero-order chi connectivity index (χ0) is 20.7. The van der Waals surface area contributed by atoms with Crippen molar-refractivity contribution in [1.29, 1.82) is 0 Å². The fourth-order valence-electron chi connectivity index (χ4n) is 2.72. The van der Waals surface area contributed by atoms with Crippen LogP contribution in [0.1, 0.15) is 31.9 Å². The van der Waals surface area contributed by atoms with Gasteiger partial charge in [-0.05, 0) is 63.1 Å². The smallest absolute Gasteiger partial charge is 0.261 e. The number of nitrogens with zero attached hydrogens (tertiary/aromatic N) is 1. The predicted molar refractivity (Wildman–Crippen MR) is 106 cm³/mol. The van der Waals surface area contributed by atoms with Gasteiger partial charge in [-0.2, -0.15) is 0 Å². The van der Waals surface area contributed by atoms with Crippen LogP contribution in [0.3, 0.4) is 0 Å². The first kappa shape index (κ1) is 21.4. The first-order valence-electron chi connectivity index (χ1n) is 9.30. The van der Waals surface area contributed by atoms with Crippen molar-refractivity contribution in [3.63, 3.8) is 0 Å². The van der Waals surface area contributed by atoms with Gasteiger partial charge in [0.25, 0.3) is 5.91 Å². The molecule has 28 heavy (non-hydrogen) atoms. The maximum Gasteiger partial charge on any atom is 0.261 e. The molecule has 0 aliphatic carbocycles. The van der Waals surface area contributed by atoms with Gasteiger partial charge in [-0.15, -0.1) is 0 Å². The molecule has 2 aromatic rings. The number of halogens is 1. The lowest BCUT2D eigenvalue weighted by Gasteiger charge is -2.29. The van der Waals surface area contributed by atoms with Gasteiger partial charge in [0.2, 0.25) is 5.91 Å². The first-order valence-corrected chi connectivity index (χ1v) is 9.30. The highest BCUT2D eigenvalue weighted by Crippen LogP contribution is 2.15. The van der Waals surface area contributed by atoms with E-state index in [1.165, 1.54) is 29.2 Å². The average Bonchev–Trinajstić information content (AvgIpc) is 2.65. The third-order valence-corrected chi connectivity index (χ3v) is 4.38. The Morgan fingerprint density at radius 3 is 2.32 bits per heavy atom. The minimum absolute atomic E-state index is 0.0270. The number of hydrogen-bond donors (Lipinski definition) is 1. The zero-order valence-corrected chi connectivity index (χ0v) is 16.7. The monoisotopic (exact) mass is 386 g/mol. The second kappa shape index (κ2) is 9.88. The van der Waals surface area contributed by atoms with E-state index in [1.807, 2.05) is 45.0 Å². The molecule has 1 unspecified atom stereocenters. The number of carbonyl (C=O) groups is 2. The predicted octanol–water partition coefficient (Wildman–Crippen LogP) is 3.45. The van der Waals surface area contributed by atoms with Crippen LogP contribution >= 0.6 is 0 Å². The van der Waals surface area contributed by atoms with Crippen LogP contribution in [-0.4, -0.2) is 35.4 Å². The molecule has 2 rings (SSSR count). The lowest BCUT2D eigenvalue weighted by atomic mass is 10.1. The fourth-order valence-corrected chi connectivity index (χ4v) is 2.72. The van der Waals surface area contributed by atoms with Crippen LogP contribution in [-0.2, 0) is 16.1 Å². The summed E-state index contributed by atoms with van der Waals surface area (Å²) in [6.07, 6.45) is 0. The summed E-state index contributed by atoms with van der Waals surface area (Å²) in [5.41, 5.74) is 2.00. The molecular weight excluding hydrogens is 359 g/mol. The Morgan fingerprint density at radius 2 is 1.71 bits per heavy atom. The number of rotatable bonds is 8. The molecule has 0 saturated heterocycles. The van der Waals surface area contributed by atoms with E-state index < -0.39 is 6.04 Å². The summed E-state index contributed by atoms with van der Waals surface area (Å²) in [6, 6.07) is 12.5. The topological polar surface area (TPSA) is 58.6 Å². The van der Waals surface area contributed by atoms with Crippen LogP contribution < -0.4 is 10.1 Å². The van der Waals surface area contributed by atoms with Crippen molar-refractivity contribution in [3.05, 3.63) is 65.5 Å². The van der Waals surface area contributed by atoms with Gasteiger partial charge in [0, 0.05) is 12.6 Å². The molecule has 2 aromatic carbocycles. The molecule has 0 aliphatic rings. The minimum Gasteiger partial charge on any atom is -0.484 e. The summed E-state index contributed by atoms with van der Waals surface area (Å²) in [6.45, 7) is 7.46. The van der Waals surface area contributed by atoms with Crippen molar-refractivity contribution in [2.24, 2.45) is 0 Å². The van der Waals surface area contributed by atoms with Crippen LogP contribution in [0.15, 0.2) is 48.5 Å². The molecule has 0 aliphatic heterocycles. The molecule has 0 heterocycles. The Balaban J connectivity index is 2.15. The standard InChI is InChI=1S/C22H27FN2O3/c1-15(2)24-22(27)17(4)25(13-18-8-6-5-7-16(18)3)21(26)14-28-20-11-9-19(23)10-12-20/h5-12,15,17H,13-14H2,1-4H3,(H,24,27). The van der Waals surface area contributed by atoms with Crippen molar-refractivity contribution >= 4 is 11.8 Å². The Hall–Kier alpha value is -2.89. The number of nitrogens with one attached hydrogen (secondary N) is 1. The summed E-state index contributed by atoms with van der Waals surface area (Å²) >= 11 is 0. The van der Waals surface area contributed by atoms with Crippen LogP contribution in [0.25, 0.3) is 0 Å². The SMILES string of the molecule is Cc1ccccc1CN(C(=O)COc1ccc(F)cc1)C(C)C(=O)NC(C)C. The zero-order valence-electron chi connectivity index (χ0n) is 16.7. The number of amides is 2. The minimum atomic E-state index is -0.661. The maximum atomic E-state index is 13.0. The Morgan fingerprint density at radius 1 is 1.07 bits per heavy atom. The molecule has 6 heteroatoms. The van der Waals surface area contributed by atoms with E-state index in [9.17, 15) is 14.0 Å². The number of ether oxygens (including phenoxy) is 1. The molecule has 0 fully saturated rings. The van der Waals surface area contributed by atoms with E-state index in [1.54, 1.807) is 6.92 Å². The fraction of sp³-hybridized carbons (Fsp3) is 0.364. The van der Waals surface area contributed by atoms with Gasteiger partial charge in [-0.25, -0.2) is 4.39 Å². The van der Waals surface area contributed by atoms with Crippen LogP contribution in [0.4, 0.5) is 4.39 Å². The normalized spacial score (nSPS) is 11.8. The molecule has 0 spiro atoms.